The lowest BCUT2D eigenvalue weighted by atomic mass is 9.87. The molecule has 2 aromatic rings. The van der Waals surface area contributed by atoms with Gasteiger partial charge in [0.05, 0.1) is 0 Å². The highest BCUT2D eigenvalue weighted by Gasteiger charge is 2.29. The van der Waals surface area contributed by atoms with Gasteiger partial charge in [-0.25, -0.2) is 0 Å². The topological polar surface area (TPSA) is 62.0 Å². The highest BCUT2D eigenvalue weighted by molar-refractivity contribution is 5.78. The molecule has 4 nitrogen and oxygen atoms in total. The van der Waals surface area contributed by atoms with Crippen LogP contribution >= 0.6 is 0 Å². The minimum atomic E-state index is 0.0515. The number of aryl methyl sites for hydroxylation is 1. The summed E-state index contributed by atoms with van der Waals surface area (Å²) in [4.78, 5) is 27.3. The first kappa shape index (κ1) is 17.1. The molecule has 0 spiro atoms. The minimum absolute atomic E-state index is 0.0515. The first-order valence-electron chi connectivity index (χ1n) is 9.75. The molecule has 4 rings (SSSR count). The summed E-state index contributed by atoms with van der Waals surface area (Å²) in [7, 11) is 0. The Labute approximate surface area is 154 Å². The van der Waals surface area contributed by atoms with Gasteiger partial charge >= 0.3 is 0 Å². The predicted molar refractivity (Wildman–Crippen MR) is 102 cm³/mol. The summed E-state index contributed by atoms with van der Waals surface area (Å²) in [6.45, 7) is 2.15. The molecule has 1 amide bonds. The van der Waals surface area contributed by atoms with Gasteiger partial charge in [0.15, 0.2) is 0 Å². The van der Waals surface area contributed by atoms with Crippen molar-refractivity contribution in [2.75, 3.05) is 0 Å². The summed E-state index contributed by atoms with van der Waals surface area (Å²) in [6.07, 6.45) is 5.54. The maximum Gasteiger partial charge on any atom is 0.251 e. The van der Waals surface area contributed by atoms with Crippen molar-refractivity contribution in [2.45, 2.75) is 63.3 Å². The fourth-order valence-electron chi connectivity index (χ4n) is 3.99. The largest absolute Gasteiger partial charge is 0.353 e. The molecule has 2 heterocycles. The fourth-order valence-corrected chi connectivity index (χ4v) is 3.99. The summed E-state index contributed by atoms with van der Waals surface area (Å²) in [5, 5.41) is 3.07. The lowest BCUT2D eigenvalue weighted by Gasteiger charge is -2.22. The van der Waals surface area contributed by atoms with E-state index in [1.807, 2.05) is 6.07 Å². The van der Waals surface area contributed by atoms with Crippen molar-refractivity contribution in [1.29, 1.82) is 0 Å². The molecule has 1 aromatic carbocycles. The second-order valence-corrected chi connectivity index (χ2v) is 7.66. The normalized spacial score (nSPS) is 20.8. The molecule has 0 bridgehead atoms. The zero-order chi connectivity index (χ0) is 18.1. The van der Waals surface area contributed by atoms with E-state index in [4.69, 9.17) is 0 Å². The second kappa shape index (κ2) is 7.10. The number of rotatable bonds is 6. The first-order valence-corrected chi connectivity index (χ1v) is 9.75. The van der Waals surface area contributed by atoms with Crippen molar-refractivity contribution in [1.82, 2.24) is 10.3 Å². The van der Waals surface area contributed by atoms with Crippen molar-refractivity contribution in [3.8, 4) is 0 Å². The second-order valence-electron chi connectivity index (χ2n) is 7.66. The van der Waals surface area contributed by atoms with Gasteiger partial charge in [0.1, 0.15) is 0 Å². The van der Waals surface area contributed by atoms with Crippen molar-refractivity contribution in [3.05, 3.63) is 69.1 Å². The molecule has 136 valence electrons. The van der Waals surface area contributed by atoms with Crippen LogP contribution in [0.25, 0.3) is 0 Å². The third-order valence-corrected chi connectivity index (χ3v) is 5.75. The molecule has 1 aliphatic carbocycles. The number of benzene rings is 1. The number of pyridine rings is 1. The number of carbonyl (C=O) groups is 1. The van der Waals surface area contributed by atoms with Gasteiger partial charge in [0.25, 0.3) is 5.56 Å². The van der Waals surface area contributed by atoms with Crippen LogP contribution in [-0.2, 0) is 11.2 Å². The molecule has 0 radical (unpaired) electrons. The van der Waals surface area contributed by atoms with Crippen molar-refractivity contribution >= 4 is 5.91 Å². The van der Waals surface area contributed by atoms with E-state index in [0.29, 0.717) is 12.3 Å². The Morgan fingerprint density at radius 2 is 1.81 bits per heavy atom. The van der Waals surface area contributed by atoms with Crippen LogP contribution in [0.2, 0.25) is 0 Å². The number of carbonyl (C=O) groups excluding carboxylic acids is 1. The van der Waals surface area contributed by atoms with E-state index in [2.05, 4.69) is 47.6 Å². The highest BCUT2D eigenvalue weighted by atomic mass is 16.2. The average molecular weight is 350 g/mol. The molecule has 1 aromatic heterocycles. The maximum atomic E-state index is 12.5. The van der Waals surface area contributed by atoms with Crippen LogP contribution in [0.4, 0.5) is 0 Å². The quantitative estimate of drug-likeness (QED) is 0.836. The van der Waals surface area contributed by atoms with Gasteiger partial charge in [0, 0.05) is 29.6 Å². The van der Waals surface area contributed by atoms with Crippen LogP contribution < -0.4 is 10.9 Å². The Kier molecular flexibility index (Phi) is 4.66. The molecule has 2 aliphatic rings. The number of hydrogen-bond acceptors (Lipinski definition) is 2. The average Bonchev–Trinajstić information content (AvgIpc) is 3.41. The standard InChI is InChI=1S/C22H26N2O2/c1-2-14-3-5-16(6-4-14)19(13-17-9-12-21(25)23-17)20-11-10-18(15-7-8-15)22(26)24-20/h3-6,10-11,15,17,19H,2,7-9,12-13H2,1H3,(H,23,25)(H,24,26)/t17-,19?/m1/s1. The highest BCUT2D eigenvalue weighted by Crippen LogP contribution is 2.38. The van der Waals surface area contributed by atoms with Gasteiger partial charge in [0.2, 0.25) is 5.91 Å². The SMILES string of the molecule is CCc1ccc(C(C[C@H]2CCC(=O)N2)c2ccc(C3CC3)c(=O)[nH]2)cc1. The van der Waals surface area contributed by atoms with E-state index in [9.17, 15) is 9.59 Å². The van der Waals surface area contributed by atoms with E-state index in [-0.39, 0.29) is 23.4 Å². The molecule has 1 aliphatic heterocycles. The number of nitrogens with one attached hydrogen (secondary N) is 2. The maximum absolute atomic E-state index is 12.5. The van der Waals surface area contributed by atoms with Gasteiger partial charge in [-0.2, -0.15) is 0 Å². The Bertz CT molecular complexity index is 849. The van der Waals surface area contributed by atoms with E-state index in [0.717, 1.165) is 43.4 Å². The minimum Gasteiger partial charge on any atom is -0.353 e. The summed E-state index contributed by atoms with van der Waals surface area (Å²) in [5.41, 5.74) is 4.42. The molecule has 1 saturated carbocycles. The van der Waals surface area contributed by atoms with Gasteiger partial charge in [-0.3, -0.25) is 9.59 Å². The third kappa shape index (κ3) is 3.59. The zero-order valence-electron chi connectivity index (χ0n) is 15.3. The lowest BCUT2D eigenvalue weighted by molar-refractivity contribution is -0.119. The molecule has 2 N–H and O–H groups in total. The molecule has 1 saturated heterocycles. The monoisotopic (exact) mass is 350 g/mol. The summed E-state index contributed by atoms with van der Waals surface area (Å²) >= 11 is 0. The summed E-state index contributed by atoms with van der Waals surface area (Å²) in [5.74, 6) is 0.669. The third-order valence-electron chi connectivity index (χ3n) is 5.75. The number of H-pyrrole nitrogens is 1. The Balaban J connectivity index is 1.65. The Morgan fingerprint density at radius 3 is 2.38 bits per heavy atom. The van der Waals surface area contributed by atoms with Crippen LogP contribution in [0.1, 0.15) is 73.2 Å². The van der Waals surface area contributed by atoms with E-state index in [1.165, 1.54) is 11.1 Å². The number of aromatic amines is 1. The summed E-state index contributed by atoms with van der Waals surface area (Å²) in [6, 6.07) is 12.9. The first-order chi connectivity index (χ1) is 12.6. The number of hydrogen-bond donors (Lipinski definition) is 2. The number of aromatic nitrogens is 1. The van der Waals surface area contributed by atoms with E-state index in [1.54, 1.807) is 0 Å². The molecule has 26 heavy (non-hydrogen) atoms. The van der Waals surface area contributed by atoms with Crippen LogP contribution in [0.3, 0.4) is 0 Å². The predicted octanol–water partition coefficient (Wildman–Crippen LogP) is 3.62. The van der Waals surface area contributed by atoms with Gasteiger partial charge in [-0.1, -0.05) is 37.3 Å². The Hall–Kier alpha value is -2.36. The molecule has 2 atom stereocenters. The summed E-state index contributed by atoms with van der Waals surface area (Å²) < 4.78 is 0. The number of amides is 1. The van der Waals surface area contributed by atoms with Crippen LogP contribution in [0.15, 0.2) is 41.2 Å². The Morgan fingerprint density at radius 1 is 1.04 bits per heavy atom. The molecule has 2 fully saturated rings. The van der Waals surface area contributed by atoms with E-state index >= 15 is 0 Å². The van der Waals surface area contributed by atoms with Gasteiger partial charge < -0.3 is 10.3 Å². The van der Waals surface area contributed by atoms with E-state index < -0.39 is 0 Å². The smallest absolute Gasteiger partial charge is 0.251 e. The van der Waals surface area contributed by atoms with Crippen molar-refractivity contribution < 1.29 is 4.79 Å². The van der Waals surface area contributed by atoms with Crippen LogP contribution in [0.5, 0.6) is 0 Å². The molecule has 1 unspecified atom stereocenters. The molecular formula is C22H26N2O2. The van der Waals surface area contributed by atoms with Crippen LogP contribution in [0, 0.1) is 0 Å². The van der Waals surface area contributed by atoms with Crippen molar-refractivity contribution in [2.24, 2.45) is 0 Å². The zero-order valence-corrected chi connectivity index (χ0v) is 15.3. The van der Waals surface area contributed by atoms with Crippen LogP contribution in [-0.4, -0.2) is 16.9 Å². The molecular weight excluding hydrogens is 324 g/mol. The molecule has 4 heteroatoms. The van der Waals surface area contributed by atoms with Crippen molar-refractivity contribution in [3.63, 3.8) is 0 Å². The lowest BCUT2D eigenvalue weighted by Crippen LogP contribution is -2.28. The van der Waals surface area contributed by atoms with Gasteiger partial charge in [-0.15, -0.1) is 0 Å². The fraction of sp³-hybridized carbons (Fsp3) is 0.455. The van der Waals surface area contributed by atoms with Gasteiger partial charge in [-0.05, 0) is 55.2 Å².